The average molecular weight is 409 g/mol. The van der Waals surface area contributed by atoms with E-state index in [4.69, 9.17) is 17.4 Å². The second-order valence-electron chi connectivity index (χ2n) is 5.30. The van der Waals surface area contributed by atoms with Gasteiger partial charge in [0.25, 0.3) is 5.69 Å². The Morgan fingerprint density at radius 1 is 1.07 bits per heavy atom. The number of non-ortho nitro benzene ring substituents is 1. The molecule has 10 nitrogen and oxygen atoms in total. The number of thiocarbonyl (C=S) groups is 1. The van der Waals surface area contributed by atoms with Gasteiger partial charge in [0.2, 0.25) is 15.9 Å². The predicted octanol–water partition coefficient (Wildman–Crippen LogP) is 0.802. The SMILES string of the molecule is NS(=O)(=O)c1ccc(NC(=S)NNC(=O)Cc2ccc([N+](=O)[O-])cc2)cc1. The van der Waals surface area contributed by atoms with Crippen molar-refractivity contribution in [2.75, 3.05) is 5.32 Å². The molecule has 0 unspecified atom stereocenters. The molecule has 142 valence electrons. The van der Waals surface area contributed by atoms with E-state index in [1.807, 2.05) is 0 Å². The Morgan fingerprint density at radius 2 is 1.67 bits per heavy atom. The molecule has 5 N–H and O–H groups in total. The average Bonchev–Trinajstić information content (AvgIpc) is 2.60. The summed E-state index contributed by atoms with van der Waals surface area (Å²) in [6, 6.07) is 11.2. The first kappa shape index (κ1) is 20.2. The molecule has 0 aliphatic rings. The predicted molar refractivity (Wildman–Crippen MR) is 102 cm³/mol. The molecule has 0 fully saturated rings. The molecule has 1 amide bonds. The number of nitrogens with zero attached hydrogens (tertiary/aromatic N) is 1. The van der Waals surface area contributed by atoms with Crippen LogP contribution in [0, 0.1) is 10.1 Å². The Hall–Kier alpha value is -3.09. The number of nitro groups is 1. The quantitative estimate of drug-likeness (QED) is 0.321. The maximum absolute atomic E-state index is 11.9. The number of primary sulfonamides is 1. The summed E-state index contributed by atoms with van der Waals surface area (Å²) >= 11 is 5.02. The summed E-state index contributed by atoms with van der Waals surface area (Å²) < 4.78 is 22.4. The summed E-state index contributed by atoms with van der Waals surface area (Å²) in [6.45, 7) is 0. The fraction of sp³-hybridized carbons (Fsp3) is 0.0667. The van der Waals surface area contributed by atoms with Crippen LogP contribution in [0.5, 0.6) is 0 Å². The molecule has 27 heavy (non-hydrogen) atoms. The van der Waals surface area contributed by atoms with Crippen molar-refractivity contribution >= 4 is 44.6 Å². The normalized spacial score (nSPS) is 10.7. The molecule has 0 bridgehead atoms. The minimum atomic E-state index is -3.78. The third-order valence-electron chi connectivity index (χ3n) is 3.27. The largest absolute Gasteiger partial charge is 0.331 e. The van der Waals surface area contributed by atoms with Crippen molar-refractivity contribution in [1.29, 1.82) is 0 Å². The lowest BCUT2D eigenvalue weighted by Gasteiger charge is -2.12. The third kappa shape index (κ3) is 6.29. The Bertz CT molecular complexity index is 959. The zero-order chi connectivity index (χ0) is 20.0. The van der Waals surface area contributed by atoms with E-state index in [0.717, 1.165) is 0 Å². The van der Waals surface area contributed by atoms with Gasteiger partial charge in [0.05, 0.1) is 16.2 Å². The summed E-state index contributed by atoms with van der Waals surface area (Å²) in [4.78, 5) is 21.9. The van der Waals surface area contributed by atoms with E-state index in [-0.39, 0.29) is 22.1 Å². The molecular formula is C15H15N5O5S2. The standard InChI is InChI=1S/C15H15N5O5S2/c16-27(24,25)13-7-3-11(4-8-13)17-15(26)19-18-14(21)9-10-1-5-12(6-2-10)20(22)23/h1-8H,9H2,(H,18,21)(H2,16,24,25)(H2,17,19,26). The molecule has 0 saturated heterocycles. The number of hydrogen-bond acceptors (Lipinski definition) is 6. The molecule has 0 aliphatic heterocycles. The fourth-order valence-electron chi connectivity index (χ4n) is 1.98. The van der Waals surface area contributed by atoms with Crippen molar-refractivity contribution in [2.45, 2.75) is 11.3 Å². The zero-order valence-corrected chi connectivity index (χ0v) is 15.3. The van der Waals surface area contributed by atoms with Gasteiger partial charge in [0.15, 0.2) is 5.11 Å². The van der Waals surface area contributed by atoms with Gasteiger partial charge in [-0.25, -0.2) is 13.6 Å². The molecule has 0 aromatic heterocycles. The van der Waals surface area contributed by atoms with Crippen molar-refractivity contribution in [2.24, 2.45) is 5.14 Å². The van der Waals surface area contributed by atoms with Crippen LogP contribution in [0.25, 0.3) is 0 Å². The van der Waals surface area contributed by atoms with Crippen LogP contribution in [-0.2, 0) is 21.2 Å². The van der Waals surface area contributed by atoms with Gasteiger partial charge in [-0.05, 0) is 42.0 Å². The molecule has 0 radical (unpaired) electrons. The highest BCUT2D eigenvalue weighted by molar-refractivity contribution is 7.89. The molecular weight excluding hydrogens is 394 g/mol. The number of amides is 1. The highest BCUT2D eigenvalue weighted by Gasteiger charge is 2.09. The van der Waals surface area contributed by atoms with E-state index >= 15 is 0 Å². The number of nitrogens with one attached hydrogen (secondary N) is 3. The van der Waals surface area contributed by atoms with Gasteiger partial charge in [-0.1, -0.05) is 12.1 Å². The minimum absolute atomic E-state index is 0.00331. The Morgan fingerprint density at radius 3 is 2.19 bits per heavy atom. The van der Waals surface area contributed by atoms with Crippen LogP contribution in [-0.4, -0.2) is 24.4 Å². The van der Waals surface area contributed by atoms with E-state index < -0.39 is 20.9 Å². The van der Waals surface area contributed by atoms with Gasteiger partial charge < -0.3 is 5.32 Å². The zero-order valence-electron chi connectivity index (χ0n) is 13.7. The van der Waals surface area contributed by atoms with Crippen molar-refractivity contribution in [1.82, 2.24) is 10.9 Å². The van der Waals surface area contributed by atoms with Crippen LogP contribution in [0.4, 0.5) is 11.4 Å². The number of nitro benzene ring substituents is 1. The number of nitrogens with two attached hydrogens (primary N) is 1. The molecule has 0 atom stereocenters. The van der Waals surface area contributed by atoms with Gasteiger partial charge in [0, 0.05) is 17.8 Å². The summed E-state index contributed by atoms with van der Waals surface area (Å²) in [5.41, 5.74) is 5.90. The van der Waals surface area contributed by atoms with Crippen molar-refractivity contribution in [3.63, 3.8) is 0 Å². The van der Waals surface area contributed by atoms with E-state index in [2.05, 4.69) is 16.2 Å². The van der Waals surface area contributed by atoms with Gasteiger partial charge in [-0.15, -0.1) is 0 Å². The van der Waals surface area contributed by atoms with Crippen LogP contribution >= 0.6 is 12.2 Å². The third-order valence-corrected chi connectivity index (χ3v) is 4.40. The number of sulfonamides is 1. The van der Waals surface area contributed by atoms with Gasteiger partial charge in [0.1, 0.15) is 0 Å². The number of hydrogen-bond donors (Lipinski definition) is 4. The molecule has 2 aromatic carbocycles. The van der Waals surface area contributed by atoms with Crippen LogP contribution in [0.2, 0.25) is 0 Å². The van der Waals surface area contributed by atoms with Crippen LogP contribution in [0.1, 0.15) is 5.56 Å². The monoisotopic (exact) mass is 409 g/mol. The van der Waals surface area contributed by atoms with E-state index in [9.17, 15) is 23.3 Å². The second-order valence-corrected chi connectivity index (χ2v) is 7.27. The first-order chi connectivity index (χ1) is 12.6. The fourth-order valence-corrected chi connectivity index (χ4v) is 2.67. The molecule has 0 saturated carbocycles. The Balaban J connectivity index is 1.82. The first-order valence-corrected chi connectivity index (χ1v) is 9.32. The van der Waals surface area contributed by atoms with E-state index in [0.29, 0.717) is 11.3 Å². The number of anilines is 1. The van der Waals surface area contributed by atoms with E-state index in [1.54, 1.807) is 0 Å². The lowest BCUT2D eigenvalue weighted by molar-refractivity contribution is -0.384. The molecule has 2 aromatic rings. The summed E-state index contributed by atoms with van der Waals surface area (Å²) in [7, 11) is -3.78. The molecule has 2 rings (SSSR count). The Kier molecular flexibility index (Phi) is 6.39. The van der Waals surface area contributed by atoms with Crippen molar-refractivity contribution in [3.05, 3.63) is 64.2 Å². The lowest BCUT2D eigenvalue weighted by Crippen LogP contribution is -2.44. The van der Waals surface area contributed by atoms with Gasteiger partial charge >= 0.3 is 0 Å². The number of carbonyl (C=O) groups is 1. The summed E-state index contributed by atoms with van der Waals surface area (Å²) in [5, 5.41) is 18.4. The molecule has 0 aliphatic carbocycles. The molecule has 0 heterocycles. The number of benzene rings is 2. The van der Waals surface area contributed by atoms with Gasteiger partial charge in [-0.2, -0.15) is 0 Å². The van der Waals surface area contributed by atoms with Crippen LogP contribution < -0.4 is 21.3 Å². The number of hydrazine groups is 1. The minimum Gasteiger partial charge on any atom is -0.331 e. The summed E-state index contributed by atoms with van der Waals surface area (Å²) in [6.07, 6.45) is -0.00331. The maximum atomic E-state index is 11.9. The topological polar surface area (TPSA) is 156 Å². The Labute approximate surface area is 159 Å². The molecule has 12 heteroatoms. The van der Waals surface area contributed by atoms with E-state index in [1.165, 1.54) is 48.5 Å². The smallest absolute Gasteiger partial charge is 0.269 e. The van der Waals surface area contributed by atoms with Crippen molar-refractivity contribution in [3.8, 4) is 0 Å². The van der Waals surface area contributed by atoms with Crippen LogP contribution in [0.3, 0.4) is 0 Å². The first-order valence-electron chi connectivity index (χ1n) is 7.37. The molecule has 0 spiro atoms. The second kappa shape index (κ2) is 8.53. The van der Waals surface area contributed by atoms with Crippen LogP contribution in [0.15, 0.2) is 53.4 Å². The van der Waals surface area contributed by atoms with Crippen molar-refractivity contribution < 1.29 is 18.1 Å². The highest BCUT2D eigenvalue weighted by atomic mass is 32.2. The maximum Gasteiger partial charge on any atom is 0.269 e. The number of rotatable bonds is 5. The summed E-state index contributed by atoms with van der Waals surface area (Å²) in [5.74, 6) is -0.405. The number of carbonyl (C=O) groups excluding carboxylic acids is 1. The lowest BCUT2D eigenvalue weighted by atomic mass is 10.1. The highest BCUT2D eigenvalue weighted by Crippen LogP contribution is 2.13. The van der Waals surface area contributed by atoms with Gasteiger partial charge in [-0.3, -0.25) is 25.8 Å².